The van der Waals surface area contributed by atoms with Gasteiger partial charge in [0, 0.05) is 24.7 Å². The highest BCUT2D eigenvalue weighted by atomic mass is 16.6. The molecule has 0 aromatic heterocycles. The minimum Gasteiger partial charge on any atom is -0.502 e. The van der Waals surface area contributed by atoms with Gasteiger partial charge < -0.3 is 10.0 Å². The molecule has 1 N–H and O–H groups in total. The number of amides is 1. The zero-order chi connectivity index (χ0) is 14.6. The molecule has 1 atom stereocenters. The average molecular weight is 263 g/mol. The summed E-state index contributed by atoms with van der Waals surface area (Å²) in [6, 6.07) is 5.07. The topological polar surface area (TPSA) is 107 Å². The van der Waals surface area contributed by atoms with Crippen molar-refractivity contribution in [2.45, 2.75) is 19.4 Å². The second-order valence-corrected chi connectivity index (χ2v) is 4.09. The Morgan fingerprint density at radius 3 is 2.74 bits per heavy atom. The number of hydrogen-bond acceptors (Lipinski definition) is 5. The molecule has 1 aromatic rings. The molecule has 0 bridgehead atoms. The molecule has 7 nitrogen and oxygen atoms in total. The first kappa shape index (κ1) is 14.4. The van der Waals surface area contributed by atoms with Crippen molar-refractivity contribution < 1.29 is 14.8 Å². The van der Waals surface area contributed by atoms with Crippen LogP contribution in [-0.4, -0.2) is 33.9 Å². The van der Waals surface area contributed by atoms with Gasteiger partial charge in [0.1, 0.15) is 0 Å². The molecule has 1 rings (SSSR count). The summed E-state index contributed by atoms with van der Waals surface area (Å²) in [6.07, 6.45) is 0.182. The van der Waals surface area contributed by atoms with Gasteiger partial charge in [0.2, 0.25) is 0 Å². The first-order chi connectivity index (χ1) is 8.88. The van der Waals surface area contributed by atoms with Crippen molar-refractivity contribution in [2.24, 2.45) is 0 Å². The highest BCUT2D eigenvalue weighted by molar-refractivity contribution is 5.95. The van der Waals surface area contributed by atoms with Crippen molar-refractivity contribution in [3.8, 4) is 11.8 Å². The second kappa shape index (κ2) is 5.82. The Morgan fingerprint density at radius 2 is 2.26 bits per heavy atom. The monoisotopic (exact) mass is 263 g/mol. The van der Waals surface area contributed by atoms with Crippen LogP contribution >= 0.6 is 0 Å². The van der Waals surface area contributed by atoms with Crippen LogP contribution < -0.4 is 0 Å². The standard InChI is InChI=1S/C12H13N3O4/c1-8(5-6-13)14(2)12(17)9-3-4-10(15(18)19)11(16)7-9/h3-4,7-8,16H,5H2,1-2H3. The minimum atomic E-state index is -0.731. The van der Waals surface area contributed by atoms with E-state index < -0.39 is 22.3 Å². The zero-order valence-electron chi connectivity index (χ0n) is 10.5. The number of rotatable bonds is 4. The summed E-state index contributed by atoms with van der Waals surface area (Å²) in [7, 11) is 1.53. The van der Waals surface area contributed by atoms with Gasteiger partial charge >= 0.3 is 5.69 Å². The van der Waals surface area contributed by atoms with E-state index in [1.54, 1.807) is 6.92 Å². The molecule has 0 heterocycles. The van der Waals surface area contributed by atoms with Crippen LogP contribution in [0.25, 0.3) is 0 Å². The lowest BCUT2D eigenvalue weighted by Gasteiger charge is -2.22. The Kier molecular flexibility index (Phi) is 4.42. The number of carbonyl (C=O) groups excluding carboxylic acids is 1. The molecule has 0 saturated carbocycles. The van der Waals surface area contributed by atoms with Crippen molar-refractivity contribution in [3.05, 3.63) is 33.9 Å². The van der Waals surface area contributed by atoms with Crippen LogP contribution in [0.2, 0.25) is 0 Å². The molecular formula is C12H13N3O4. The SMILES string of the molecule is CC(CC#N)N(C)C(=O)c1ccc([N+](=O)[O-])c(O)c1. The van der Waals surface area contributed by atoms with E-state index in [0.717, 1.165) is 12.1 Å². The van der Waals surface area contributed by atoms with Crippen LogP contribution in [0.15, 0.2) is 18.2 Å². The molecule has 1 unspecified atom stereocenters. The Morgan fingerprint density at radius 1 is 1.63 bits per heavy atom. The molecule has 1 amide bonds. The van der Waals surface area contributed by atoms with Crippen LogP contribution in [0.3, 0.4) is 0 Å². The van der Waals surface area contributed by atoms with Crippen molar-refractivity contribution in [1.29, 1.82) is 5.26 Å². The first-order valence-electron chi connectivity index (χ1n) is 5.50. The minimum absolute atomic E-state index is 0.135. The van der Waals surface area contributed by atoms with Crippen LogP contribution in [0, 0.1) is 21.4 Å². The molecule has 0 saturated heterocycles. The summed E-state index contributed by atoms with van der Waals surface area (Å²) in [6.45, 7) is 1.71. The summed E-state index contributed by atoms with van der Waals surface area (Å²) in [5.41, 5.74) is -0.320. The van der Waals surface area contributed by atoms with Crippen LogP contribution in [0.5, 0.6) is 5.75 Å². The predicted octanol–water partition coefficient (Wildman–Crippen LogP) is 1.67. The number of nitriles is 1. The highest BCUT2D eigenvalue weighted by Crippen LogP contribution is 2.26. The molecule has 7 heteroatoms. The highest BCUT2D eigenvalue weighted by Gasteiger charge is 2.20. The lowest BCUT2D eigenvalue weighted by molar-refractivity contribution is -0.385. The summed E-state index contributed by atoms with van der Waals surface area (Å²) in [5.74, 6) is -0.967. The van der Waals surface area contributed by atoms with E-state index in [0.29, 0.717) is 0 Å². The van der Waals surface area contributed by atoms with Gasteiger partial charge in [-0.2, -0.15) is 5.26 Å². The van der Waals surface area contributed by atoms with Gasteiger partial charge in [0.15, 0.2) is 5.75 Å². The van der Waals surface area contributed by atoms with Crippen LogP contribution in [0.4, 0.5) is 5.69 Å². The number of phenolic OH excluding ortho intramolecular Hbond substituents is 1. The van der Waals surface area contributed by atoms with Gasteiger partial charge in [-0.05, 0) is 19.1 Å². The third-order valence-corrected chi connectivity index (χ3v) is 2.79. The van der Waals surface area contributed by atoms with Crippen LogP contribution in [-0.2, 0) is 0 Å². The third-order valence-electron chi connectivity index (χ3n) is 2.79. The molecule has 0 aliphatic carbocycles. The van der Waals surface area contributed by atoms with E-state index in [9.17, 15) is 20.0 Å². The van der Waals surface area contributed by atoms with Gasteiger partial charge in [-0.3, -0.25) is 14.9 Å². The Hall–Kier alpha value is -2.62. The number of aromatic hydroxyl groups is 1. The van der Waals surface area contributed by atoms with E-state index in [1.165, 1.54) is 18.0 Å². The van der Waals surface area contributed by atoms with Gasteiger partial charge in [-0.25, -0.2) is 0 Å². The molecule has 0 aliphatic rings. The second-order valence-electron chi connectivity index (χ2n) is 4.09. The number of nitrogens with zero attached hydrogens (tertiary/aromatic N) is 3. The summed E-state index contributed by atoms with van der Waals surface area (Å²) < 4.78 is 0. The molecule has 1 aromatic carbocycles. The number of nitro groups is 1. The quantitative estimate of drug-likeness (QED) is 0.656. The van der Waals surface area contributed by atoms with Crippen molar-refractivity contribution in [3.63, 3.8) is 0 Å². The number of benzene rings is 1. The van der Waals surface area contributed by atoms with E-state index in [4.69, 9.17) is 5.26 Å². The molecular weight excluding hydrogens is 250 g/mol. The fourth-order valence-corrected chi connectivity index (χ4v) is 1.48. The molecule has 19 heavy (non-hydrogen) atoms. The van der Waals surface area contributed by atoms with E-state index >= 15 is 0 Å². The average Bonchev–Trinajstić information content (AvgIpc) is 2.36. The summed E-state index contributed by atoms with van der Waals surface area (Å²) >= 11 is 0. The van der Waals surface area contributed by atoms with E-state index in [2.05, 4.69) is 0 Å². The fraction of sp³-hybridized carbons (Fsp3) is 0.333. The summed E-state index contributed by atoms with van der Waals surface area (Å²) in [4.78, 5) is 23.2. The zero-order valence-corrected chi connectivity index (χ0v) is 10.5. The normalized spacial score (nSPS) is 11.4. The molecule has 0 spiro atoms. The number of phenols is 1. The maximum Gasteiger partial charge on any atom is 0.310 e. The van der Waals surface area contributed by atoms with Gasteiger partial charge in [-0.15, -0.1) is 0 Å². The number of hydrogen-bond donors (Lipinski definition) is 1. The fourth-order valence-electron chi connectivity index (χ4n) is 1.48. The number of nitro benzene ring substituents is 1. The lowest BCUT2D eigenvalue weighted by atomic mass is 10.1. The van der Waals surface area contributed by atoms with Crippen molar-refractivity contribution in [2.75, 3.05) is 7.05 Å². The van der Waals surface area contributed by atoms with E-state index in [1.807, 2.05) is 6.07 Å². The largest absolute Gasteiger partial charge is 0.502 e. The Bertz CT molecular complexity index is 550. The molecule has 0 aliphatic heterocycles. The van der Waals surface area contributed by atoms with Gasteiger partial charge in [0.25, 0.3) is 5.91 Å². The maximum absolute atomic E-state index is 12.0. The smallest absolute Gasteiger partial charge is 0.310 e. The lowest BCUT2D eigenvalue weighted by Crippen LogP contribution is -2.34. The first-order valence-corrected chi connectivity index (χ1v) is 5.50. The predicted molar refractivity (Wildman–Crippen MR) is 66.5 cm³/mol. The Balaban J connectivity index is 2.98. The Labute approximate surface area is 109 Å². The van der Waals surface area contributed by atoms with Crippen molar-refractivity contribution in [1.82, 2.24) is 4.90 Å². The molecule has 0 fully saturated rings. The van der Waals surface area contributed by atoms with Gasteiger partial charge in [0.05, 0.1) is 17.4 Å². The van der Waals surface area contributed by atoms with Crippen molar-refractivity contribution >= 4 is 11.6 Å². The van der Waals surface area contributed by atoms with Gasteiger partial charge in [-0.1, -0.05) is 0 Å². The van der Waals surface area contributed by atoms with Crippen LogP contribution in [0.1, 0.15) is 23.7 Å². The maximum atomic E-state index is 12.0. The molecule has 100 valence electrons. The summed E-state index contributed by atoms with van der Waals surface area (Å²) in [5, 5.41) is 28.6. The van der Waals surface area contributed by atoms with E-state index in [-0.39, 0.29) is 18.0 Å². The third kappa shape index (κ3) is 3.19. The molecule has 0 radical (unpaired) electrons. The number of carbonyl (C=O) groups is 1.